The number of aliphatic hydroxyl groups excluding tert-OH is 1. The zero-order chi connectivity index (χ0) is 15.2. The highest BCUT2D eigenvalue weighted by atomic mass is 16.4. The van der Waals surface area contributed by atoms with E-state index >= 15 is 0 Å². The Morgan fingerprint density at radius 3 is 2.67 bits per heavy atom. The van der Waals surface area contributed by atoms with Crippen LogP contribution in [-0.4, -0.2) is 28.4 Å². The van der Waals surface area contributed by atoms with Crippen LogP contribution in [0.3, 0.4) is 0 Å². The number of para-hydroxylation sites is 1. The third-order valence-electron chi connectivity index (χ3n) is 3.85. The average molecular weight is 287 g/mol. The fourth-order valence-electron chi connectivity index (χ4n) is 2.64. The molecule has 1 unspecified atom stereocenters. The summed E-state index contributed by atoms with van der Waals surface area (Å²) in [5.41, 5.74) is -0.0176. The first-order valence-electron chi connectivity index (χ1n) is 6.90. The largest absolute Gasteiger partial charge is 0.458 e. The van der Waals surface area contributed by atoms with Gasteiger partial charge in [-0.05, 0) is 12.1 Å². The Hall–Kier alpha value is -2.14. The predicted molar refractivity (Wildman–Crippen MR) is 76.3 cm³/mol. The molecule has 0 aliphatic carbocycles. The molecule has 5 heteroatoms. The van der Waals surface area contributed by atoms with E-state index in [4.69, 9.17) is 4.42 Å². The standard InChI is InChI=1S/C16H17NO4/c1-16(2)8-14(19)17(15(16)20)9-11(18)13-7-10-5-3-4-6-12(10)21-13/h3-7,11,18H,8-9H2,1-2H3. The van der Waals surface area contributed by atoms with Crippen molar-refractivity contribution in [1.82, 2.24) is 4.90 Å². The molecule has 1 fully saturated rings. The first-order valence-corrected chi connectivity index (χ1v) is 6.90. The van der Waals surface area contributed by atoms with Gasteiger partial charge in [0.15, 0.2) is 0 Å². The molecule has 2 heterocycles. The van der Waals surface area contributed by atoms with Gasteiger partial charge in [0.2, 0.25) is 11.8 Å². The van der Waals surface area contributed by atoms with Crippen molar-refractivity contribution in [1.29, 1.82) is 0 Å². The summed E-state index contributed by atoms with van der Waals surface area (Å²) >= 11 is 0. The van der Waals surface area contributed by atoms with Crippen LogP contribution >= 0.6 is 0 Å². The number of fused-ring (bicyclic) bond motifs is 1. The van der Waals surface area contributed by atoms with E-state index in [0.717, 1.165) is 10.3 Å². The molecule has 5 nitrogen and oxygen atoms in total. The molecule has 1 aromatic carbocycles. The number of β-amino-alcohol motifs (C(OH)–C–C–N with tert-alkyl or cyclic N) is 1. The van der Waals surface area contributed by atoms with E-state index in [1.165, 1.54) is 0 Å². The number of carbonyl (C=O) groups is 2. The number of aliphatic hydroxyl groups is 1. The molecule has 0 spiro atoms. The van der Waals surface area contributed by atoms with Gasteiger partial charge in [-0.3, -0.25) is 14.5 Å². The normalized spacial score (nSPS) is 19.5. The number of imide groups is 1. The average Bonchev–Trinajstić information content (AvgIpc) is 2.93. The topological polar surface area (TPSA) is 70.8 Å². The molecule has 3 rings (SSSR count). The molecule has 1 aromatic heterocycles. The van der Waals surface area contributed by atoms with Gasteiger partial charge in [0.25, 0.3) is 0 Å². The second kappa shape index (κ2) is 4.70. The van der Waals surface area contributed by atoms with Crippen molar-refractivity contribution >= 4 is 22.8 Å². The number of amides is 2. The van der Waals surface area contributed by atoms with E-state index in [1.54, 1.807) is 26.0 Å². The first-order chi connectivity index (χ1) is 9.88. The van der Waals surface area contributed by atoms with Gasteiger partial charge in [-0.15, -0.1) is 0 Å². The van der Waals surface area contributed by atoms with Crippen molar-refractivity contribution in [2.45, 2.75) is 26.4 Å². The molecule has 1 aliphatic rings. The van der Waals surface area contributed by atoms with Crippen molar-refractivity contribution in [3.63, 3.8) is 0 Å². The van der Waals surface area contributed by atoms with E-state index < -0.39 is 11.5 Å². The van der Waals surface area contributed by atoms with Crippen molar-refractivity contribution in [2.75, 3.05) is 6.54 Å². The van der Waals surface area contributed by atoms with Gasteiger partial charge in [-0.1, -0.05) is 32.0 Å². The summed E-state index contributed by atoms with van der Waals surface area (Å²) in [6.45, 7) is 3.41. The predicted octanol–water partition coefficient (Wildman–Crippen LogP) is 2.25. The summed E-state index contributed by atoms with van der Waals surface area (Å²) in [6, 6.07) is 9.14. The van der Waals surface area contributed by atoms with Crippen LogP contribution < -0.4 is 0 Å². The summed E-state index contributed by atoms with van der Waals surface area (Å²) in [5, 5.41) is 11.1. The number of hydrogen-bond acceptors (Lipinski definition) is 4. The lowest BCUT2D eigenvalue weighted by molar-refractivity contribution is -0.142. The summed E-state index contributed by atoms with van der Waals surface area (Å²) in [4.78, 5) is 25.2. The van der Waals surface area contributed by atoms with Crippen molar-refractivity contribution in [2.24, 2.45) is 5.41 Å². The lowest BCUT2D eigenvalue weighted by Crippen LogP contribution is -2.36. The van der Waals surface area contributed by atoms with Crippen molar-refractivity contribution in [3.05, 3.63) is 36.1 Å². The highest BCUT2D eigenvalue weighted by Crippen LogP contribution is 2.33. The Balaban J connectivity index is 1.81. The molecule has 1 saturated heterocycles. The van der Waals surface area contributed by atoms with Crippen LogP contribution in [0, 0.1) is 5.41 Å². The van der Waals surface area contributed by atoms with Crippen molar-refractivity contribution in [3.8, 4) is 0 Å². The quantitative estimate of drug-likeness (QED) is 0.879. The van der Waals surface area contributed by atoms with Crippen LogP contribution in [0.4, 0.5) is 0 Å². The lowest BCUT2D eigenvalue weighted by Gasteiger charge is -2.19. The third-order valence-corrected chi connectivity index (χ3v) is 3.85. The van der Waals surface area contributed by atoms with E-state index in [1.807, 2.05) is 18.2 Å². The number of rotatable bonds is 3. The zero-order valence-corrected chi connectivity index (χ0v) is 12.0. The van der Waals surface area contributed by atoms with Gasteiger partial charge < -0.3 is 9.52 Å². The van der Waals surface area contributed by atoms with E-state index in [9.17, 15) is 14.7 Å². The zero-order valence-electron chi connectivity index (χ0n) is 12.0. The highest BCUT2D eigenvalue weighted by molar-refractivity contribution is 6.05. The SMILES string of the molecule is CC1(C)CC(=O)N(CC(O)c2cc3ccccc3o2)C1=O. The van der Waals surface area contributed by atoms with Gasteiger partial charge in [-0.2, -0.15) is 0 Å². The summed E-state index contributed by atoms with van der Waals surface area (Å²) in [6.07, 6.45) is -0.835. The molecule has 0 radical (unpaired) electrons. The molecular weight excluding hydrogens is 270 g/mol. The summed E-state index contributed by atoms with van der Waals surface area (Å²) < 4.78 is 5.56. The maximum absolute atomic E-state index is 12.1. The number of likely N-dealkylation sites (tertiary alicyclic amines) is 1. The number of nitrogens with zero attached hydrogens (tertiary/aromatic N) is 1. The number of hydrogen-bond donors (Lipinski definition) is 1. The third kappa shape index (κ3) is 2.34. The maximum Gasteiger partial charge on any atom is 0.235 e. The van der Waals surface area contributed by atoms with Crippen LogP contribution in [0.1, 0.15) is 32.1 Å². The molecule has 2 amide bonds. The van der Waals surface area contributed by atoms with Crippen molar-refractivity contribution < 1.29 is 19.1 Å². The molecule has 1 aliphatic heterocycles. The van der Waals surface area contributed by atoms with Crippen LogP contribution in [0.2, 0.25) is 0 Å². The molecular formula is C16H17NO4. The molecule has 0 saturated carbocycles. The Kier molecular flexibility index (Phi) is 3.10. The van der Waals surface area contributed by atoms with E-state index in [0.29, 0.717) is 11.3 Å². The molecule has 110 valence electrons. The second-order valence-electron chi connectivity index (χ2n) is 6.07. The molecule has 2 aromatic rings. The van der Waals surface area contributed by atoms with Gasteiger partial charge >= 0.3 is 0 Å². The smallest absolute Gasteiger partial charge is 0.235 e. The first kappa shape index (κ1) is 13.8. The monoisotopic (exact) mass is 287 g/mol. The maximum atomic E-state index is 12.1. The Morgan fingerprint density at radius 1 is 1.33 bits per heavy atom. The minimum atomic E-state index is -1.01. The minimum absolute atomic E-state index is 0.0685. The number of carbonyl (C=O) groups excluding carboxylic acids is 2. The molecule has 21 heavy (non-hydrogen) atoms. The second-order valence-corrected chi connectivity index (χ2v) is 6.07. The molecule has 1 N–H and O–H groups in total. The Morgan fingerprint density at radius 2 is 2.05 bits per heavy atom. The summed E-state index contributed by atoms with van der Waals surface area (Å²) in [7, 11) is 0. The van der Waals surface area contributed by atoms with Gasteiger partial charge in [0, 0.05) is 11.8 Å². The minimum Gasteiger partial charge on any atom is -0.458 e. The molecule has 0 bridgehead atoms. The van der Waals surface area contributed by atoms with Crippen LogP contribution in [0.5, 0.6) is 0 Å². The lowest BCUT2D eigenvalue weighted by atomic mass is 9.92. The fraction of sp³-hybridized carbons (Fsp3) is 0.375. The number of furan rings is 1. The number of benzene rings is 1. The van der Waals surface area contributed by atoms with Crippen LogP contribution in [-0.2, 0) is 9.59 Å². The van der Waals surface area contributed by atoms with Crippen LogP contribution in [0.25, 0.3) is 11.0 Å². The fourth-order valence-corrected chi connectivity index (χ4v) is 2.64. The molecule has 1 atom stereocenters. The van der Waals surface area contributed by atoms with Gasteiger partial charge in [0.05, 0.1) is 12.0 Å². The van der Waals surface area contributed by atoms with E-state index in [2.05, 4.69) is 0 Å². The highest BCUT2D eigenvalue weighted by Gasteiger charge is 2.45. The Bertz CT molecular complexity index is 683. The van der Waals surface area contributed by atoms with E-state index in [-0.39, 0.29) is 24.8 Å². The van der Waals surface area contributed by atoms with Gasteiger partial charge in [0.1, 0.15) is 17.4 Å². The summed E-state index contributed by atoms with van der Waals surface area (Å²) in [5.74, 6) is -0.135. The van der Waals surface area contributed by atoms with Gasteiger partial charge in [-0.25, -0.2) is 0 Å². The van der Waals surface area contributed by atoms with Crippen LogP contribution in [0.15, 0.2) is 34.7 Å². The Labute approximate surface area is 122 Å².